The van der Waals surface area contributed by atoms with Gasteiger partial charge in [-0.25, -0.2) is 13.2 Å². The summed E-state index contributed by atoms with van der Waals surface area (Å²) >= 11 is 0. The van der Waals surface area contributed by atoms with Gasteiger partial charge in [0.05, 0.1) is 19.9 Å². The third-order valence-electron chi connectivity index (χ3n) is 4.71. The molecule has 0 spiro atoms. The van der Waals surface area contributed by atoms with E-state index in [0.717, 1.165) is 11.6 Å². The Hall–Kier alpha value is -3.33. The third-order valence-corrected chi connectivity index (χ3v) is 6.53. The van der Waals surface area contributed by atoms with Gasteiger partial charge in [-0.3, -0.25) is 9.10 Å². The zero-order chi connectivity index (χ0) is 22.6. The summed E-state index contributed by atoms with van der Waals surface area (Å²) in [7, 11) is -1.21. The first-order valence-corrected chi connectivity index (χ1v) is 10.9. The molecule has 1 aliphatic heterocycles. The summed E-state index contributed by atoms with van der Waals surface area (Å²) in [5.74, 6) is -0.731. The van der Waals surface area contributed by atoms with E-state index in [1.807, 2.05) is 12.1 Å². The molecule has 0 fully saturated rings. The summed E-state index contributed by atoms with van der Waals surface area (Å²) in [5.41, 5.74) is 1.96. The van der Waals surface area contributed by atoms with Gasteiger partial charge in [-0.05, 0) is 48.7 Å². The minimum absolute atomic E-state index is 0.0724. The highest BCUT2D eigenvalue weighted by Gasteiger charge is 2.34. The van der Waals surface area contributed by atoms with Crippen LogP contribution >= 0.6 is 0 Å². The summed E-state index contributed by atoms with van der Waals surface area (Å²) < 4.78 is 43.9. The Bertz CT molecular complexity index is 1140. The Labute approximate surface area is 181 Å². The molecule has 1 heterocycles. The second-order valence-electron chi connectivity index (χ2n) is 6.85. The van der Waals surface area contributed by atoms with Crippen LogP contribution in [-0.4, -0.2) is 47.5 Å². The number of nitrogens with zero attached hydrogens (tertiary/aromatic N) is 1. The number of fused-ring (bicyclic) bond motifs is 1. The van der Waals surface area contributed by atoms with Gasteiger partial charge in [0.15, 0.2) is 17.3 Å². The van der Waals surface area contributed by atoms with E-state index in [-0.39, 0.29) is 28.8 Å². The Morgan fingerprint density at radius 2 is 1.87 bits per heavy atom. The van der Waals surface area contributed by atoms with Gasteiger partial charge in [0.1, 0.15) is 11.5 Å². The first-order valence-electron chi connectivity index (χ1n) is 9.49. The molecule has 0 N–H and O–H groups in total. The Morgan fingerprint density at radius 1 is 1.13 bits per heavy atom. The molecule has 31 heavy (non-hydrogen) atoms. The lowest BCUT2D eigenvalue weighted by atomic mass is 10.2. The summed E-state index contributed by atoms with van der Waals surface area (Å²) in [4.78, 5) is 22.6. The van der Waals surface area contributed by atoms with Crippen LogP contribution in [0, 0.1) is 0 Å². The second-order valence-corrected chi connectivity index (χ2v) is 8.68. The van der Waals surface area contributed by atoms with E-state index in [2.05, 4.69) is 0 Å². The average molecular weight is 445 g/mol. The number of benzene rings is 2. The number of hydrogen-bond donors (Lipinski definition) is 0. The zero-order valence-electron chi connectivity index (χ0n) is 17.5. The molecule has 0 unspecified atom stereocenters. The topological polar surface area (TPSA) is 99.2 Å². The molecule has 2 aromatic rings. The van der Waals surface area contributed by atoms with Gasteiger partial charge in [-0.15, -0.1) is 0 Å². The number of carbonyl (C=O) groups excluding carboxylic acids is 2. The molecule has 1 aliphatic rings. The SMILES string of the molecule is COc1cc(/C=C/C(=O)OCC(C)=O)cc(S(=O)(=O)N2CCc3ccccc32)c1OC. The van der Waals surface area contributed by atoms with E-state index in [0.29, 0.717) is 24.2 Å². The second kappa shape index (κ2) is 9.22. The van der Waals surface area contributed by atoms with Crippen molar-refractivity contribution in [3.63, 3.8) is 0 Å². The molecule has 8 nitrogen and oxygen atoms in total. The van der Waals surface area contributed by atoms with Crippen LogP contribution < -0.4 is 13.8 Å². The molecule has 3 rings (SSSR count). The Morgan fingerprint density at radius 3 is 2.55 bits per heavy atom. The quantitative estimate of drug-likeness (QED) is 0.455. The third kappa shape index (κ3) is 4.72. The lowest BCUT2D eigenvalue weighted by molar-refractivity contribution is -0.142. The Balaban J connectivity index is 2.02. The molecule has 0 bridgehead atoms. The van der Waals surface area contributed by atoms with Crippen molar-refractivity contribution >= 4 is 33.5 Å². The lowest BCUT2D eigenvalue weighted by Crippen LogP contribution is -2.29. The number of rotatable bonds is 8. The largest absolute Gasteiger partial charge is 0.493 e. The van der Waals surface area contributed by atoms with E-state index >= 15 is 0 Å². The summed E-state index contributed by atoms with van der Waals surface area (Å²) in [6.07, 6.45) is 3.11. The van der Waals surface area contributed by atoms with Crippen molar-refractivity contribution < 1.29 is 32.2 Å². The number of para-hydroxylation sites is 1. The monoisotopic (exact) mass is 445 g/mol. The fourth-order valence-corrected chi connectivity index (χ4v) is 5.01. The van der Waals surface area contributed by atoms with Crippen LogP contribution in [0.15, 0.2) is 47.4 Å². The molecule has 164 valence electrons. The maximum absolute atomic E-state index is 13.6. The molecule has 9 heteroatoms. The van der Waals surface area contributed by atoms with Crippen molar-refractivity contribution in [2.45, 2.75) is 18.2 Å². The number of sulfonamides is 1. The van der Waals surface area contributed by atoms with Crippen LogP contribution in [0.25, 0.3) is 6.08 Å². The van der Waals surface area contributed by atoms with Crippen molar-refractivity contribution in [3.05, 3.63) is 53.6 Å². The number of esters is 1. The number of carbonyl (C=O) groups is 2. The minimum Gasteiger partial charge on any atom is -0.493 e. The van der Waals surface area contributed by atoms with Crippen molar-refractivity contribution in [2.24, 2.45) is 0 Å². The van der Waals surface area contributed by atoms with Gasteiger partial charge in [0.2, 0.25) is 0 Å². The van der Waals surface area contributed by atoms with E-state index in [9.17, 15) is 18.0 Å². The molecule has 0 radical (unpaired) electrons. The van der Waals surface area contributed by atoms with E-state index < -0.39 is 16.0 Å². The highest BCUT2D eigenvalue weighted by Crippen LogP contribution is 2.40. The predicted molar refractivity (Wildman–Crippen MR) is 115 cm³/mol. The number of ether oxygens (including phenoxy) is 3. The molecule has 0 aliphatic carbocycles. The van der Waals surface area contributed by atoms with E-state index in [1.165, 1.54) is 37.6 Å². The van der Waals surface area contributed by atoms with Crippen LogP contribution in [0.4, 0.5) is 5.69 Å². The maximum atomic E-state index is 13.6. The molecular weight excluding hydrogens is 422 g/mol. The van der Waals surface area contributed by atoms with Crippen molar-refractivity contribution in [1.29, 1.82) is 0 Å². The average Bonchev–Trinajstić information content (AvgIpc) is 3.20. The lowest BCUT2D eigenvalue weighted by Gasteiger charge is -2.22. The number of anilines is 1. The van der Waals surface area contributed by atoms with Gasteiger partial charge in [-0.2, -0.15) is 0 Å². The van der Waals surface area contributed by atoms with Crippen LogP contribution in [0.1, 0.15) is 18.1 Å². The fraction of sp³-hybridized carbons (Fsp3) is 0.273. The molecule has 0 aromatic heterocycles. The molecule has 2 aromatic carbocycles. The molecule has 0 saturated carbocycles. The van der Waals surface area contributed by atoms with E-state index in [1.54, 1.807) is 18.2 Å². The standard InChI is InChI=1S/C22H23NO7S/c1-15(24)14-30-21(25)9-8-16-12-19(28-2)22(29-3)20(13-16)31(26,27)23-11-10-17-6-4-5-7-18(17)23/h4-9,12-13H,10-11,14H2,1-3H3/b9-8+. The number of hydrogen-bond acceptors (Lipinski definition) is 7. The first-order chi connectivity index (χ1) is 14.8. The summed E-state index contributed by atoms with van der Waals surface area (Å²) in [6, 6.07) is 10.3. The number of ketones is 1. The smallest absolute Gasteiger partial charge is 0.331 e. The predicted octanol–water partition coefficient (Wildman–Crippen LogP) is 2.60. The summed E-state index contributed by atoms with van der Waals surface area (Å²) in [6.45, 7) is 1.28. The Kier molecular flexibility index (Phi) is 6.65. The van der Waals surface area contributed by atoms with Crippen LogP contribution in [0.2, 0.25) is 0 Å². The minimum atomic E-state index is -3.98. The molecule has 0 saturated heterocycles. The highest BCUT2D eigenvalue weighted by molar-refractivity contribution is 7.93. The van der Waals surface area contributed by atoms with Gasteiger partial charge in [-0.1, -0.05) is 18.2 Å². The number of Topliss-reactive ketones (excluding diaryl/α,β-unsaturated/α-hetero) is 1. The van der Waals surface area contributed by atoms with Crippen LogP contribution in [0.3, 0.4) is 0 Å². The first kappa shape index (κ1) is 22.4. The van der Waals surface area contributed by atoms with Gasteiger partial charge < -0.3 is 14.2 Å². The molecular formula is C22H23NO7S. The van der Waals surface area contributed by atoms with Gasteiger partial charge in [0, 0.05) is 12.6 Å². The van der Waals surface area contributed by atoms with Gasteiger partial charge in [0.25, 0.3) is 10.0 Å². The molecule has 0 amide bonds. The molecule has 0 atom stereocenters. The highest BCUT2D eigenvalue weighted by atomic mass is 32.2. The van der Waals surface area contributed by atoms with Gasteiger partial charge >= 0.3 is 5.97 Å². The van der Waals surface area contributed by atoms with Crippen LogP contribution in [-0.2, 0) is 30.8 Å². The van der Waals surface area contributed by atoms with Crippen molar-refractivity contribution in [1.82, 2.24) is 0 Å². The van der Waals surface area contributed by atoms with E-state index in [4.69, 9.17) is 14.2 Å². The zero-order valence-corrected chi connectivity index (χ0v) is 18.3. The number of methoxy groups -OCH3 is 2. The van der Waals surface area contributed by atoms with Crippen LogP contribution in [0.5, 0.6) is 11.5 Å². The maximum Gasteiger partial charge on any atom is 0.331 e. The fourth-order valence-electron chi connectivity index (χ4n) is 3.30. The normalized spacial score (nSPS) is 13.2. The summed E-state index contributed by atoms with van der Waals surface area (Å²) in [5, 5.41) is 0. The van der Waals surface area contributed by atoms with Crippen molar-refractivity contribution in [3.8, 4) is 11.5 Å². The van der Waals surface area contributed by atoms with Crippen molar-refractivity contribution in [2.75, 3.05) is 31.7 Å².